The summed E-state index contributed by atoms with van der Waals surface area (Å²) in [5.41, 5.74) is 18.5. The molecule has 2 rings (SSSR count). The van der Waals surface area contributed by atoms with Crippen molar-refractivity contribution in [2.24, 2.45) is 5.73 Å². The van der Waals surface area contributed by atoms with Gasteiger partial charge >= 0.3 is 0 Å². The van der Waals surface area contributed by atoms with Gasteiger partial charge in [0.05, 0.1) is 16.0 Å². The van der Waals surface area contributed by atoms with Gasteiger partial charge in [-0.3, -0.25) is 0 Å². The van der Waals surface area contributed by atoms with Gasteiger partial charge in [-0.15, -0.1) is 0 Å². The molecule has 0 fully saturated rings. The fraction of sp³-hybridized carbons (Fsp3) is 0.250. The largest absolute Gasteiger partial charge is 0.488 e. The minimum absolute atomic E-state index is 0.0587. The Bertz CT molecular complexity index is 342. The smallest absolute Gasteiger partial charge is 0.157 e. The third-order valence-electron chi connectivity index (χ3n) is 1.83. The van der Waals surface area contributed by atoms with Gasteiger partial charge in [-0.05, 0) is 12.1 Å². The molecule has 0 saturated carbocycles. The molecular weight excluding hydrogens is 186 g/mol. The second-order valence-electron chi connectivity index (χ2n) is 2.87. The average molecular weight is 197 g/mol. The maximum Gasteiger partial charge on any atom is 0.157 e. The number of benzene rings is 1. The van der Waals surface area contributed by atoms with Crippen molar-refractivity contribution in [1.82, 2.24) is 0 Å². The molecule has 4 nitrogen and oxygen atoms in total. The number of hydrogen-bond donors (Lipinski definition) is 3. The summed E-state index contributed by atoms with van der Waals surface area (Å²) in [5, 5.41) is -0.0587. The first-order valence-corrected chi connectivity index (χ1v) is 4.79. The fourth-order valence-electron chi connectivity index (χ4n) is 1.21. The molecule has 1 aliphatic heterocycles. The van der Waals surface area contributed by atoms with E-state index in [9.17, 15) is 0 Å². The van der Waals surface area contributed by atoms with Crippen molar-refractivity contribution < 1.29 is 4.74 Å². The number of hydrogen-bond acceptors (Lipinski definition) is 5. The van der Waals surface area contributed by atoms with E-state index >= 15 is 0 Å². The van der Waals surface area contributed by atoms with Crippen molar-refractivity contribution in [2.45, 2.75) is 10.3 Å². The molecule has 1 heterocycles. The van der Waals surface area contributed by atoms with E-state index in [1.807, 2.05) is 0 Å². The molecule has 0 radical (unpaired) electrons. The lowest BCUT2D eigenvalue weighted by Gasteiger charge is -2.24. The highest BCUT2D eigenvalue weighted by Gasteiger charge is 2.21. The van der Waals surface area contributed by atoms with Crippen LogP contribution in [-0.2, 0) is 0 Å². The quantitative estimate of drug-likeness (QED) is 0.531. The molecule has 1 aromatic rings. The van der Waals surface area contributed by atoms with Crippen molar-refractivity contribution in [2.75, 3.05) is 18.1 Å². The maximum atomic E-state index is 5.76. The zero-order chi connectivity index (χ0) is 9.42. The van der Waals surface area contributed by atoms with Crippen LogP contribution in [0.2, 0.25) is 0 Å². The molecule has 0 saturated heterocycles. The predicted octanol–water partition coefficient (Wildman–Crippen LogP) is 0.620. The van der Waals surface area contributed by atoms with Crippen molar-refractivity contribution in [3.63, 3.8) is 0 Å². The Labute approximate surface area is 80.4 Å². The number of nitrogen functional groups attached to an aromatic ring is 2. The van der Waals surface area contributed by atoms with Crippen molar-refractivity contribution in [3.05, 3.63) is 12.1 Å². The Morgan fingerprint density at radius 3 is 2.77 bits per heavy atom. The van der Waals surface area contributed by atoms with Gasteiger partial charge in [0.25, 0.3) is 0 Å². The minimum atomic E-state index is -0.0587. The van der Waals surface area contributed by atoms with Crippen LogP contribution in [0.5, 0.6) is 5.75 Å². The van der Waals surface area contributed by atoms with E-state index in [1.165, 1.54) is 11.8 Å². The molecule has 6 N–H and O–H groups in total. The molecule has 0 aromatic heterocycles. The topological polar surface area (TPSA) is 87.3 Å². The van der Waals surface area contributed by atoms with Gasteiger partial charge in [0.15, 0.2) is 5.75 Å². The van der Waals surface area contributed by atoms with Crippen LogP contribution in [0, 0.1) is 0 Å². The second kappa shape index (κ2) is 3.01. The SMILES string of the molecule is Nc1ccc(N)c2c1OCC(N)S2. The molecule has 0 aliphatic carbocycles. The summed E-state index contributed by atoms with van der Waals surface area (Å²) in [6, 6.07) is 3.51. The Hall–Kier alpha value is -1.07. The lowest BCUT2D eigenvalue weighted by molar-refractivity contribution is 0.306. The van der Waals surface area contributed by atoms with E-state index in [0.29, 0.717) is 23.7 Å². The van der Waals surface area contributed by atoms with Crippen molar-refractivity contribution in [1.29, 1.82) is 0 Å². The molecule has 13 heavy (non-hydrogen) atoms. The van der Waals surface area contributed by atoms with E-state index in [1.54, 1.807) is 12.1 Å². The summed E-state index contributed by atoms with van der Waals surface area (Å²) >= 11 is 1.50. The molecule has 0 bridgehead atoms. The highest BCUT2D eigenvalue weighted by Crippen LogP contribution is 2.43. The summed E-state index contributed by atoms with van der Waals surface area (Å²) in [7, 11) is 0. The van der Waals surface area contributed by atoms with Gasteiger partial charge < -0.3 is 21.9 Å². The van der Waals surface area contributed by atoms with Gasteiger partial charge in [0.1, 0.15) is 6.61 Å². The number of fused-ring (bicyclic) bond motifs is 1. The van der Waals surface area contributed by atoms with Crippen molar-refractivity contribution >= 4 is 23.1 Å². The molecule has 5 heteroatoms. The monoisotopic (exact) mass is 197 g/mol. The standard InChI is InChI=1S/C8H11N3OS/c9-4-1-2-5(10)8-7(4)12-3-6(11)13-8/h1-2,6H,3,9-11H2. The van der Waals surface area contributed by atoms with Crippen LogP contribution in [0.25, 0.3) is 0 Å². The number of anilines is 2. The normalized spacial score (nSPS) is 20.5. The van der Waals surface area contributed by atoms with E-state index in [2.05, 4.69) is 0 Å². The van der Waals surface area contributed by atoms with E-state index in [0.717, 1.165) is 4.90 Å². The molecule has 1 unspecified atom stereocenters. The van der Waals surface area contributed by atoms with Crippen molar-refractivity contribution in [3.8, 4) is 5.75 Å². The Kier molecular flexibility index (Phi) is 1.97. The number of rotatable bonds is 0. The zero-order valence-corrected chi connectivity index (χ0v) is 7.80. The predicted molar refractivity (Wildman–Crippen MR) is 54.6 cm³/mol. The minimum Gasteiger partial charge on any atom is -0.488 e. The Morgan fingerprint density at radius 2 is 2.00 bits per heavy atom. The van der Waals surface area contributed by atoms with Gasteiger partial charge in [-0.2, -0.15) is 0 Å². The van der Waals surface area contributed by atoms with E-state index < -0.39 is 0 Å². The summed E-state index contributed by atoms with van der Waals surface area (Å²) in [5.74, 6) is 0.673. The highest BCUT2D eigenvalue weighted by molar-refractivity contribution is 8.00. The van der Waals surface area contributed by atoms with Gasteiger partial charge in [0, 0.05) is 5.69 Å². The maximum absolute atomic E-state index is 5.76. The fourth-order valence-corrected chi connectivity index (χ4v) is 2.14. The molecule has 1 atom stereocenters. The second-order valence-corrected chi connectivity index (χ2v) is 4.12. The van der Waals surface area contributed by atoms with Gasteiger partial charge in [-0.25, -0.2) is 0 Å². The molecular formula is C8H11N3OS. The number of thioether (sulfide) groups is 1. The third-order valence-corrected chi connectivity index (χ3v) is 2.93. The molecule has 70 valence electrons. The summed E-state index contributed by atoms with van der Waals surface area (Å²) in [6.45, 7) is 0.477. The number of ether oxygens (including phenoxy) is 1. The summed E-state index contributed by atoms with van der Waals surface area (Å²) in [4.78, 5) is 0.860. The third kappa shape index (κ3) is 1.40. The molecule has 1 aromatic carbocycles. The molecule has 0 spiro atoms. The number of nitrogens with two attached hydrogens (primary N) is 3. The van der Waals surface area contributed by atoms with Crippen LogP contribution in [0.3, 0.4) is 0 Å². The van der Waals surface area contributed by atoms with Gasteiger partial charge in [0.2, 0.25) is 0 Å². The van der Waals surface area contributed by atoms with Crippen LogP contribution >= 0.6 is 11.8 Å². The van der Waals surface area contributed by atoms with Gasteiger partial charge in [-0.1, -0.05) is 11.8 Å². The van der Waals surface area contributed by atoms with Crippen LogP contribution in [-0.4, -0.2) is 12.0 Å². The first-order valence-electron chi connectivity index (χ1n) is 3.91. The molecule has 0 amide bonds. The van der Waals surface area contributed by atoms with Crippen LogP contribution in [0.4, 0.5) is 11.4 Å². The first-order chi connectivity index (χ1) is 6.18. The zero-order valence-electron chi connectivity index (χ0n) is 6.99. The van der Waals surface area contributed by atoms with E-state index in [4.69, 9.17) is 21.9 Å². The molecule has 1 aliphatic rings. The Balaban J connectivity index is 2.51. The average Bonchev–Trinajstić information content (AvgIpc) is 2.12. The van der Waals surface area contributed by atoms with Crippen LogP contribution in [0.15, 0.2) is 17.0 Å². The van der Waals surface area contributed by atoms with Crippen LogP contribution in [0.1, 0.15) is 0 Å². The van der Waals surface area contributed by atoms with E-state index in [-0.39, 0.29) is 5.37 Å². The van der Waals surface area contributed by atoms with Crippen LogP contribution < -0.4 is 21.9 Å². The summed E-state index contributed by atoms with van der Waals surface area (Å²) < 4.78 is 5.40. The lowest BCUT2D eigenvalue weighted by Crippen LogP contribution is -2.27. The first kappa shape index (κ1) is 8.52. The highest BCUT2D eigenvalue weighted by atomic mass is 32.2. The Morgan fingerprint density at radius 1 is 1.31 bits per heavy atom. The summed E-state index contributed by atoms with van der Waals surface area (Å²) in [6.07, 6.45) is 0. The lowest BCUT2D eigenvalue weighted by atomic mass is 10.2.